The smallest absolute Gasteiger partial charge is 0.321 e. The number of benzene rings is 1. The van der Waals surface area contributed by atoms with Crippen molar-refractivity contribution in [3.8, 4) is 5.69 Å². The Morgan fingerprint density at radius 1 is 1.33 bits per heavy atom. The van der Waals surface area contributed by atoms with E-state index in [4.69, 9.17) is 0 Å². The summed E-state index contributed by atoms with van der Waals surface area (Å²) in [7, 11) is 0. The molecule has 128 valence electrons. The van der Waals surface area contributed by atoms with Gasteiger partial charge in [-0.3, -0.25) is 0 Å². The van der Waals surface area contributed by atoms with Gasteiger partial charge in [0.1, 0.15) is 6.33 Å². The first kappa shape index (κ1) is 16.4. The Morgan fingerprint density at radius 2 is 2.17 bits per heavy atom. The number of aromatic nitrogens is 4. The monoisotopic (exact) mass is 328 g/mol. The molecule has 1 saturated heterocycles. The van der Waals surface area contributed by atoms with E-state index in [0.29, 0.717) is 12.0 Å². The van der Waals surface area contributed by atoms with Crippen molar-refractivity contribution < 1.29 is 4.79 Å². The van der Waals surface area contributed by atoms with Gasteiger partial charge in [-0.05, 0) is 60.2 Å². The van der Waals surface area contributed by atoms with Gasteiger partial charge < -0.3 is 10.2 Å². The van der Waals surface area contributed by atoms with E-state index in [1.54, 1.807) is 11.0 Å². The molecule has 0 aliphatic carbocycles. The highest BCUT2D eigenvalue weighted by Gasteiger charge is 2.28. The maximum atomic E-state index is 12.7. The van der Waals surface area contributed by atoms with E-state index >= 15 is 0 Å². The number of aryl methyl sites for hydroxylation is 1. The molecule has 1 atom stereocenters. The third-order valence-electron chi connectivity index (χ3n) is 4.64. The first-order valence-electron chi connectivity index (χ1n) is 8.48. The van der Waals surface area contributed by atoms with Crippen LogP contribution in [0.3, 0.4) is 0 Å². The average molecular weight is 328 g/mol. The number of carbonyl (C=O) groups excluding carboxylic acids is 1. The van der Waals surface area contributed by atoms with E-state index in [1.807, 2.05) is 30.0 Å². The van der Waals surface area contributed by atoms with Crippen LogP contribution in [0.15, 0.2) is 24.5 Å². The second kappa shape index (κ2) is 6.98. The molecular formula is C17H24N6O. The number of rotatable bonds is 3. The predicted octanol–water partition coefficient (Wildman–Crippen LogP) is 3.01. The summed E-state index contributed by atoms with van der Waals surface area (Å²) in [4.78, 5) is 14.7. The molecule has 3 rings (SSSR count). The third kappa shape index (κ3) is 3.39. The van der Waals surface area contributed by atoms with Crippen molar-refractivity contribution in [1.82, 2.24) is 25.1 Å². The first-order chi connectivity index (χ1) is 11.6. The minimum Gasteiger partial charge on any atom is -0.321 e. The number of nitrogens with one attached hydrogen (secondary N) is 1. The molecule has 0 radical (unpaired) electrons. The van der Waals surface area contributed by atoms with Gasteiger partial charge in [0.25, 0.3) is 0 Å². The number of tetrazole rings is 1. The van der Waals surface area contributed by atoms with Crippen molar-refractivity contribution in [3.05, 3.63) is 30.1 Å². The number of piperidine rings is 1. The molecule has 1 aromatic heterocycles. The molecule has 7 nitrogen and oxygen atoms in total. The zero-order valence-electron chi connectivity index (χ0n) is 14.4. The lowest BCUT2D eigenvalue weighted by atomic mass is 9.93. The highest BCUT2D eigenvalue weighted by atomic mass is 16.2. The molecule has 1 aliphatic heterocycles. The van der Waals surface area contributed by atoms with Gasteiger partial charge >= 0.3 is 6.03 Å². The van der Waals surface area contributed by atoms with Crippen LogP contribution in [0.2, 0.25) is 0 Å². The van der Waals surface area contributed by atoms with Crippen LogP contribution in [0, 0.1) is 12.8 Å². The van der Waals surface area contributed by atoms with Crippen LogP contribution in [0.4, 0.5) is 10.5 Å². The number of likely N-dealkylation sites (tertiary alicyclic amines) is 1. The average Bonchev–Trinajstić information content (AvgIpc) is 3.10. The van der Waals surface area contributed by atoms with E-state index in [9.17, 15) is 4.79 Å². The number of anilines is 1. The van der Waals surface area contributed by atoms with Crippen molar-refractivity contribution in [2.75, 3.05) is 11.9 Å². The topological polar surface area (TPSA) is 75.9 Å². The van der Waals surface area contributed by atoms with Gasteiger partial charge in [0.2, 0.25) is 0 Å². The summed E-state index contributed by atoms with van der Waals surface area (Å²) in [6.07, 6.45) is 4.89. The van der Waals surface area contributed by atoms with E-state index in [-0.39, 0.29) is 6.03 Å². The van der Waals surface area contributed by atoms with E-state index in [1.165, 1.54) is 6.42 Å². The molecule has 24 heavy (non-hydrogen) atoms. The maximum absolute atomic E-state index is 12.7. The van der Waals surface area contributed by atoms with Gasteiger partial charge in [0, 0.05) is 18.3 Å². The highest BCUT2D eigenvalue weighted by molar-refractivity contribution is 5.90. The number of amides is 2. The number of carbonyl (C=O) groups is 1. The number of hydrogen-bond acceptors (Lipinski definition) is 4. The third-order valence-corrected chi connectivity index (χ3v) is 4.64. The zero-order valence-corrected chi connectivity index (χ0v) is 14.4. The fourth-order valence-electron chi connectivity index (χ4n) is 3.30. The number of nitrogens with zero attached hydrogens (tertiary/aromatic N) is 5. The van der Waals surface area contributed by atoms with Gasteiger partial charge in [0.15, 0.2) is 0 Å². The second-order valence-corrected chi connectivity index (χ2v) is 6.69. The Bertz CT molecular complexity index is 697. The van der Waals surface area contributed by atoms with Crippen LogP contribution in [-0.2, 0) is 0 Å². The molecule has 0 spiro atoms. The molecule has 0 saturated carbocycles. The van der Waals surface area contributed by atoms with Crippen molar-refractivity contribution in [1.29, 1.82) is 0 Å². The van der Waals surface area contributed by atoms with Crippen LogP contribution in [0.25, 0.3) is 5.69 Å². The maximum Gasteiger partial charge on any atom is 0.322 e. The number of urea groups is 1. The zero-order chi connectivity index (χ0) is 17.1. The summed E-state index contributed by atoms with van der Waals surface area (Å²) in [5, 5.41) is 14.3. The number of hydrogen-bond donors (Lipinski definition) is 1. The largest absolute Gasteiger partial charge is 0.322 e. The van der Waals surface area contributed by atoms with Crippen molar-refractivity contribution in [2.24, 2.45) is 5.92 Å². The molecule has 7 heteroatoms. The minimum absolute atomic E-state index is 0.0279. The molecule has 2 amide bonds. The van der Waals surface area contributed by atoms with E-state index in [2.05, 4.69) is 34.7 Å². The summed E-state index contributed by atoms with van der Waals surface area (Å²) < 4.78 is 1.60. The summed E-state index contributed by atoms with van der Waals surface area (Å²) in [6, 6.07) is 6.05. The quantitative estimate of drug-likeness (QED) is 0.939. The van der Waals surface area contributed by atoms with Crippen molar-refractivity contribution in [3.63, 3.8) is 0 Å². The Hall–Kier alpha value is -2.44. The first-order valence-corrected chi connectivity index (χ1v) is 8.48. The molecular weight excluding hydrogens is 304 g/mol. The minimum atomic E-state index is -0.0279. The molecule has 1 aliphatic rings. The van der Waals surface area contributed by atoms with Crippen LogP contribution < -0.4 is 5.32 Å². The fourth-order valence-corrected chi connectivity index (χ4v) is 3.30. The molecule has 1 unspecified atom stereocenters. The van der Waals surface area contributed by atoms with E-state index in [0.717, 1.165) is 36.3 Å². The highest BCUT2D eigenvalue weighted by Crippen LogP contribution is 2.25. The summed E-state index contributed by atoms with van der Waals surface area (Å²) in [5.41, 5.74) is 2.65. The molecule has 2 aromatic rings. The van der Waals surface area contributed by atoms with E-state index < -0.39 is 0 Å². The standard InChI is InChI=1S/C17H24N6O/c1-12(2)15-6-4-5-9-22(15)17(24)19-14-8-7-13(3)16(10-14)23-11-18-20-21-23/h7-8,10-12,15H,4-6,9H2,1-3H3,(H,19,24). The molecule has 0 bridgehead atoms. The molecule has 1 aromatic carbocycles. The van der Waals surface area contributed by atoms with Crippen LogP contribution in [0.5, 0.6) is 0 Å². The molecule has 2 heterocycles. The normalized spacial score (nSPS) is 18.0. The summed E-state index contributed by atoms with van der Waals surface area (Å²) >= 11 is 0. The van der Waals surface area contributed by atoms with Crippen molar-refractivity contribution >= 4 is 11.7 Å². The van der Waals surface area contributed by atoms with Gasteiger partial charge in [-0.1, -0.05) is 19.9 Å². The fraction of sp³-hybridized carbons (Fsp3) is 0.529. The second-order valence-electron chi connectivity index (χ2n) is 6.69. The lowest BCUT2D eigenvalue weighted by Crippen LogP contribution is -2.48. The summed E-state index contributed by atoms with van der Waals surface area (Å²) in [5.74, 6) is 0.464. The molecule has 1 fully saturated rings. The predicted molar refractivity (Wildman–Crippen MR) is 92.1 cm³/mol. The van der Waals surface area contributed by atoms with Gasteiger partial charge in [-0.2, -0.15) is 0 Å². The van der Waals surface area contributed by atoms with Crippen LogP contribution in [0.1, 0.15) is 38.7 Å². The van der Waals surface area contributed by atoms with Crippen LogP contribution >= 0.6 is 0 Å². The molecule has 1 N–H and O–H groups in total. The lowest BCUT2D eigenvalue weighted by molar-refractivity contribution is 0.138. The van der Waals surface area contributed by atoms with Gasteiger partial charge in [-0.15, -0.1) is 5.10 Å². The SMILES string of the molecule is Cc1ccc(NC(=O)N2CCCCC2C(C)C)cc1-n1cnnn1. The Kier molecular flexibility index (Phi) is 4.78. The van der Waals surface area contributed by atoms with Crippen LogP contribution in [-0.4, -0.2) is 43.7 Å². The van der Waals surface area contributed by atoms with Gasteiger partial charge in [-0.25, -0.2) is 9.48 Å². The summed E-state index contributed by atoms with van der Waals surface area (Å²) in [6.45, 7) is 7.17. The Morgan fingerprint density at radius 3 is 2.88 bits per heavy atom. The van der Waals surface area contributed by atoms with Crippen molar-refractivity contribution in [2.45, 2.75) is 46.1 Å². The Balaban J connectivity index is 1.78. The Labute approximate surface area is 142 Å². The van der Waals surface area contributed by atoms with Gasteiger partial charge in [0.05, 0.1) is 5.69 Å². The lowest BCUT2D eigenvalue weighted by Gasteiger charge is -2.38.